The van der Waals surface area contributed by atoms with E-state index in [9.17, 15) is 26.4 Å². The van der Waals surface area contributed by atoms with Crippen molar-refractivity contribution in [3.8, 4) is 11.1 Å². The van der Waals surface area contributed by atoms with Gasteiger partial charge in [-0.3, -0.25) is 9.59 Å². The van der Waals surface area contributed by atoms with Gasteiger partial charge in [-0.25, -0.2) is 16.8 Å². The highest BCUT2D eigenvalue weighted by atomic mass is 35.7. The molecule has 0 unspecified atom stereocenters. The van der Waals surface area contributed by atoms with Gasteiger partial charge in [0.1, 0.15) is 4.90 Å². The van der Waals surface area contributed by atoms with Crippen LogP contribution in [0.1, 0.15) is 34.6 Å². The van der Waals surface area contributed by atoms with Crippen LogP contribution >= 0.6 is 44.6 Å². The van der Waals surface area contributed by atoms with E-state index in [4.69, 9.17) is 44.6 Å². The first-order chi connectivity index (χ1) is 12.7. The fourth-order valence-electron chi connectivity index (χ4n) is 2.59. The third-order valence-corrected chi connectivity index (χ3v) is 7.05. The van der Waals surface area contributed by atoms with Crippen LogP contribution in [-0.4, -0.2) is 28.4 Å². The van der Waals surface area contributed by atoms with Gasteiger partial charge < -0.3 is 0 Å². The van der Waals surface area contributed by atoms with E-state index in [1.165, 1.54) is 12.1 Å². The van der Waals surface area contributed by atoms with E-state index >= 15 is 0 Å². The molecule has 0 heterocycles. The maximum Gasteiger partial charge on any atom is 0.262 e. The molecule has 0 saturated carbocycles. The normalized spacial score (nSPS) is 12.1. The Hall–Kier alpha value is -1.16. The zero-order valence-electron chi connectivity index (χ0n) is 14.1. The molecule has 0 aromatic heterocycles. The summed E-state index contributed by atoms with van der Waals surface area (Å²) < 4.78 is 48.6. The minimum absolute atomic E-state index is 0.00537. The zero-order valence-corrected chi connectivity index (χ0v) is 18.7. The molecule has 2 aromatic carbocycles. The Kier molecular flexibility index (Phi) is 6.55. The smallest absolute Gasteiger partial charge is 0.262 e. The minimum atomic E-state index is -4.61. The largest absolute Gasteiger partial charge is 0.294 e. The SMILES string of the molecule is CC(=O)c1cc(-c2ccc(Cl)cc2S(=O)(=O)Cl)c(S(=O)(=O)Cl)c(C(C)=O)c1Cl. The number of Topliss-reactive ketones (excluding diaryl/α,β-unsaturated/α-hetero) is 2. The molecule has 0 saturated heterocycles. The quantitative estimate of drug-likeness (QED) is 0.423. The topological polar surface area (TPSA) is 102 Å². The molecule has 6 nitrogen and oxygen atoms in total. The van der Waals surface area contributed by atoms with Crippen LogP contribution in [0.3, 0.4) is 0 Å². The molecule has 0 amide bonds. The summed E-state index contributed by atoms with van der Waals surface area (Å²) in [5, 5.41) is -0.405. The Bertz CT molecular complexity index is 1230. The Labute approximate surface area is 180 Å². The zero-order chi connectivity index (χ0) is 21.6. The lowest BCUT2D eigenvalue weighted by atomic mass is 9.96. The third kappa shape index (κ3) is 4.53. The van der Waals surface area contributed by atoms with Crippen LogP contribution in [0.15, 0.2) is 34.1 Å². The molecule has 150 valence electrons. The van der Waals surface area contributed by atoms with Gasteiger partial charge in [0.25, 0.3) is 18.1 Å². The number of hydrogen-bond donors (Lipinski definition) is 0. The van der Waals surface area contributed by atoms with E-state index in [0.717, 1.165) is 26.0 Å². The highest BCUT2D eigenvalue weighted by Gasteiger charge is 2.31. The van der Waals surface area contributed by atoms with Gasteiger partial charge in [0.15, 0.2) is 11.6 Å². The highest BCUT2D eigenvalue weighted by molar-refractivity contribution is 8.14. The second-order valence-electron chi connectivity index (χ2n) is 5.62. The van der Waals surface area contributed by atoms with Crippen molar-refractivity contribution in [3.05, 3.63) is 45.4 Å². The molecular formula is C16H10Cl4O6S2. The van der Waals surface area contributed by atoms with Crippen molar-refractivity contribution in [1.29, 1.82) is 0 Å². The number of benzene rings is 2. The molecule has 28 heavy (non-hydrogen) atoms. The van der Waals surface area contributed by atoms with Crippen LogP contribution in [0.25, 0.3) is 11.1 Å². The van der Waals surface area contributed by atoms with Gasteiger partial charge in [0, 0.05) is 43.1 Å². The van der Waals surface area contributed by atoms with Gasteiger partial charge in [-0.05, 0) is 32.0 Å². The average Bonchev–Trinajstić information content (AvgIpc) is 2.52. The Morgan fingerprint density at radius 1 is 0.821 bits per heavy atom. The molecule has 0 atom stereocenters. The van der Waals surface area contributed by atoms with E-state index in [0.29, 0.717) is 0 Å². The van der Waals surface area contributed by atoms with Crippen LogP contribution in [-0.2, 0) is 18.1 Å². The molecular weight excluding hydrogens is 494 g/mol. The second-order valence-corrected chi connectivity index (χ2v) is 11.5. The van der Waals surface area contributed by atoms with E-state index in [1.807, 2.05) is 0 Å². The summed E-state index contributed by atoms with van der Waals surface area (Å²) in [6.45, 7) is 2.17. The summed E-state index contributed by atoms with van der Waals surface area (Å²) in [6.07, 6.45) is 0. The van der Waals surface area contributed by atoms with Gasteiger partial charge in [-0.15, -0.1) is 0 Å². The molecule has 0 radical (unpaired) electrons. The van der Waals surface area contributed by atoms with Crippen molar-refractivity contribution in [2.24, 2.45) is 0 Å². The van der Waals surface area contributed by atoms with E-state index in [2.05, 4.69) is 0 Å². The van der Waals surface area contributed by atoms with Crippen molar-refractivity contribution in [2.45, 2.75) is 23.6 Å². The summed E-state index contributed by atoms with van der Waals surface area (Å²) in [6, 6.07) is 4.50. The maximum atomic E-state index is 12.3. The molecule has 0 N–H and O–H groups in total. The number of hydrogen-bond acceptors (Lipinski definition) is 6. The van der Waals surface area contributed by atoms with Crippen molar-refractivity contribution in [2.75, 3.05) is 0 Å². The number of rotatable bonds is 5. The van der Waals surface area contributed by atoms with Gasteiger partial charge in [-0.2, -0.15) is 0 Å². The van der Waals surface area contributed by atoms with Crippen LogP contribution in [0, 0.1) is 0 Å². The predicted molar refractivity (Wildman–Crippen MR) is 108 cm³/mol. The van der Waals surface area contributed by atoms with Crippen LogP contribution in [0.2, 0.25) is 10.0 Å². The number of carbonyl (C=O) groups is 2. The molecule has 0 fully saturated rings. The summed E-state index contributed by atoms with van der Waals surface area (Å²) in [4.78, 5) is 22.9. The third-order valence-electron chi connectivity index (χ3n) is 3.69. The highest BCUT2D eigenvalue weighted by Crippen LogP contribution is 2.42. The number of ketones is 2. The molecule has 0 aliphatic heterocycles. The van der Waals surface area contributed by atoms with Crippen LogP contribution < -0.4 is 0 Å². The first-order valence-corrected chi connectivity index (χ1v) is 12.6. The monoisotopic (exact) mass is 502 g/mol. The lowest BCUT2D eigenvalue weighted by molar-refractivity contribution is 0.101. The molecule has 0 aliphatic carbocycles. The fraction of sp³-hybridized carbons (Fsp3) is 0.125. The predicted octanol–water partition coefficient (Wildman–Crippen LogP) is 4.92. The van der Waals surface area contributed by atoms with E-state index < -0.39 is 50.0 Å². The first kappa shape index (κ1) is 23.1. The van der Waals surface area contributed by atoms with Gasteiger partial charge in [0.2, 0.25) is 0 Å². The number of carbonyl (C=O) groups excluding carboxylic acids is 2. The molecule has 2 rings (SSSR count). The summed E-state index contributed by atoms with van der Waals surface area (Å²) in [7, 11) is 1.99. The number of halogens is 4. The molecule has 12 heteroatoms. The van der Waals surface area contributed by atoms with Gasteiger partial charge in [0.05, 0.1) is 15.5 Å². The first-order valence-electron chi connectivity index (χ1n) is 7.24. The lowest BCUT2D eigenvalue weighted by Gasteiger charge is -2.17. The van der Waals surface area contributed by atoms with Gasteiger partial charge in [-0.1, -0.05) is 29.3 Å². The van der Waals surface area contributed by atoms with Crippen molar-refractivity contribution in [3.63, 3.8) is 0 Å². The standard InChI is InChI=1S/C16H10Cl4O6S2/c1-7(21)11-6-12(10-4-3-9(17)5-13(10)27(19,23)24)16(28(20,25)26)14(8(2)22)15(11)18/h3-6H,1-2H3. The van der Waals surface area contributed by atoms with Gasteiger partial charge >= 0.3 is 0 Å². The molecule has 0 bridgehead atoms. The Morgan fingerprint density at radius 3 is 1.82 bits per heavy atom. The average molecular weight is 504 g/mol. The van der Waals surface area contributed by atoms with Crippen molar-refractivity contribution >= 4 is 74.2 Å². The van der Waals surface area contributed by atoms with Crippen LogP contribution in [0.5, 0.6) is 0 Å². The van der Waals surface area contributed by atoms with E-state index in [1.54, 1.807) is 0 Å². The summed E-state index contributed by atoms with van der Waals surface area (Å²) >= 11 is 11.9. The van der Waals surface area contributed by atoms with E-state index in [-0.39, 0.29) is 21.7 Å². The fourth-order valence-corrected chi connectivity index (χ4v) is 5.79. The minimum Gasteiger partial charge on any atom is -0.294 e. The maximum absolute atomic E-state index is 12.3. The Morgan fingerprint density at radius 2 is 1.39 bits per heavy atom. The Balaban J connectivity index is 3.22. The van der Waals surface area contributed by atoms with Crippen LogP contribution in [0.4, 0.5) is 0 Å². The lowest BCUT2D eigenvalue weighted by Crippen LogP contribution is -2.11. The molecule has 2 aromatic rings. The van der Waals surface area contributed by atoms with Crippen molar-refractivity contribution < 1.29 is 26.4 Å². The molecule has 0 spiro atoms. The summed E-state index contributed by atoms with van der Waals surface area (Å²) in [5.41, 5.74) is -1.28. The second kappa shape index (κ2) is 7.93. The molecule has 0 aliphatic rings. The van der Waals surface area contributed by atoms with Crippen molar-refractivity contribution in [1.82, 2.24) is 0 Å². The summed E-state index contributed by atoms with van der Waals surface area (Å²) in [5.74, 6) is -1.38.